The van der Waals surface area contributed by atoms with Gasteiger partial charge in [0, 0.05) is 12.0 Å². The van der Waals surface area contributed by atoms with Crippen molar-refractivity contribution in [1.29, 1.82) is 0 Å². The minimum Gasteiger partial charge on any atom is -0.492 e. The van der Waals surface area contributed by atoms with Gasteiger partial charge in [-0.15, -0.1) is 0 Å². The Kier molecular flexibility index (Phi) is 7.03. The number of carbonyl (C=O) groups is 2. The average molecular weight is 428 g/mol. The number of nitrogens with two attached hydrogens (primary N) is 1. The van der Waals surface area contributed by atoms with Gasteiger partial charge < -0.3 is 20.9 Å². The zero-order chi connectivity index (χ0) is 22.7. The highest BCUT2D eigenvalue weighted by Gasteiger charge is 2.27. The number of aromatic nitrogens is 1. The summed E-state index contributed by atoms with van der Waals surface area (Å²) in [5.74, 6) is 0.111. The summed E-state index contributed by atoms with van der Waals surface area (Å²) < 4.78 is 6.28. The molecule has 1 heterocycles. The number of ether oxygens (including phenoxy) is 1. The summed E-state index contributed by atoms with van der Waals surface area (Å²) in [6.45, 7) is 8.15. The molecule has 31 heavy (non-hydrogen) atoms. The monoisotopic (exact) mass is 427 g/mol. The highest BCUT2D eigenvalue weighted by Crippen LogP contribution is 2.38. The van der Waals surface area contributed by atoms with Gasteiger partial charge in [-0.25, -0.2) is 4.79 Å². The number of carbonyl (C=O) groups excluding carboxylic acids is 1. The van der Waals surface area contributed by atoms with Gasteiger partial charge in [-0.1, -0.05) is 13.0 Å². The summed E-state index contributed by atoms with van der Waals surface area (Å²) in [5, 5.41) is 13.2. The molecule has 2 aromatic rings. The maximum Gasteiger partial charge on any atom is 0.339 e. The first-order chi connectivity index (χ1) is 14.7. The number of carboxylic acid groups (broad SMARTS) is 1. The van der Waals surface area contributed by atoms with Crippen LogP contribution in [0.4, 0.5) is 5.69 Å². The second kappa shape index (κ2) is 9.54. The number of hydrogen-bond acceptors (Lipinski definition) is 5. The van der Waals surface area contributed by atoms with Crippen molar-refractivity contribution in [2.45, 2.75) is 65.8 Å². The Balaban J connectivity index is 1.79. The Hall–Kier alpha value is -2.83. The molecule has 1 amide bonds. The average Bonchev–Trinajstić information content (AvgIpc) is 2.71. The number of hydrogen-bond donors (Lipinski definition) is 3. The third-order valence-electron chi connectivity index (χ3n) is 6.11. The van der Waals surface area contributed by atoms with E-state index in [-0.39, 0.29) is 29.1 Å². The van der Waals surface area contributed by atoms with Crippen molar-refractivity contribution in [3.8, 4) is 5.75 Å². The molecule has 1 aliphatic rings. The van der Waals surface area contributed by atoms with Crippen molar-refractivity contribution in [1.82, 2.24) is 10.3 Å². The van der Waals surface area contributed by atoms with Crippen molar-refractivity contribution in [2.75, 3.05) is 12.3 Å². The normalized spacial score (nSPS) is 18.9. The predicted octanol–water partition coefficient (Wildman–Crippen LogP) is 4.10. The number of rotatable bonds is 7. The van der Waals surface area contributed by atoms with E-state index in [2.05, 4.69) is 10.3 Å². The van der Waals surface area contributed by atoms with Crippen LogP contribution in [0.25, 0.3) is 10.9 Å². The van der Waals surface area contributed by atoms with Crippen molar-refractivity contribution in [2.24, 2.45) is 11.8 Å². The summed E-state index contributed by atoms with van der Waals surface area (Å²) in [4.78, 5) is 28.4. The first kappa shape index (κ1) is 22.8. The number of pyridine rings is 1. The molecule has 7 nitrogen and oxygen atoms in total. The number of aryl methyl sites for hydroxylation is 2. The van der Waals surface area contributed by atoms with E-state index in [0.29, 0.717) is 34.9 Å². The van der Waals surface area contributed by atoms with E-state index in [1.807, 2.05) is 32.9 Å². The SMILES string of the molecule is CCc1ccc2nc(C)c(C(=O)O)c(N)c2c1OCC1CCC(C(=O)NC(C)C)CC1. The molecule has 3 rings (SSSR count). The Bertz CT molecular complexity index is 979. The molecule has 0 radical (unpaired) electrons. The number of carboxylic acids is 1. The lowest BCUT2D eigenvalue weighted by Gasteiger charge is -2.28. The van der Waals surface area contributed by atoms with E-state index >= 15 is 0 Å². The fraction of sp³-hybridized carbons (Fsp3) is 0.542. The van der Waals surface area contributed by atoms with Gasteiger partial charge in [0.15, 0.2) is 0 Å². The van der Waals surface area contributed by atoms with E-state index < -0.39 is 5.97 Å². The maximum atomic E-state index is 12.3. The van der Waals surface area contributed by atoms with Gasteiger partial charge in [0.25, 0.3) is 0 Å². The number of aromatic carboxylic acids is 1. The van der Waals surface area contributed by atoms with Crippen LogP contribution in [0.1, 0.15) is 68.1 Å². The van der Waals surface area contributed by atoms with Crippen LogP contribution in [-0.4, -0.2) is 34.6 Å². The van der Waals surface area contributed by atoms with Crippen LogP contribution in [0.3, 0.4) is 0 Å². The van der Waals surface area contributed by atoms with Crippen molar-refractivity contribution < 1.29 is 19.4 Å². The summed E-state index contributed by atoms with van der Waals surface area (Å²) in [7, 11) is 0. The highest BCUT2D eigenvalue weighted by atomic mass is 16.5. The number of fused-ring (bicyclic) bond motifs is 1. The van der Waals surface area contributed by atoms with Gasteiger partial charge in [0.05, 0.1) is 28.9 Å². The quantitative estimate of drug-likeness (QED) is 0.613. The van der Waals surface area contributed by atoms with Crippen LogP contribution >= 0.6 is 0 Å². The molecule has 1 aliphatic carbocycles. The second-order valence-corrected chi connectivity index (χ2v) is 8.78. The van der Waals surface area contributed by atoms with Gasteiger partial charge in [-0.2, -0.15) is 0 Å². The Labute approximate surface area is 183 Å². The topological polar surface area (TPSA) is 115 Å². The Morgan fingerprint density at radius 2 is 1.94 bits per heavy atom. The van der Waals surface area contributed by atoms with Crippen molar-refractivity contribution in [3.63, 3.8) is 0 Å². The summed E-state index contributed by atoms with van der Waals surface area (Å²) in [6.07, 6.45) is 4.30. The lowest BCUT2D eigenvalue weighted by Crippen LogP contribution is -2.37. The number of amides is 1. The molecule has 4 N–H and O–H groups in total. The number of nitrogen functional groups attached to an aromatic ring is 1. The standard InChI is InChI=1S/C24H33N3O4/c1-5-16-10-11-18-20(21(25)19(24(29)30)14(4)27-18)22(16)31-12-15-6-8-17(9-7-15)23(28)26-13(2)3/h10-11,13,15,17H,5-9,12H2,1-4H3,(H2,25,27)(H,26,28)(H,29,30). The van der Waals surface area contributed by atoms with E-state index in [0.717, 1.165) is 37.7 Å². The molecule has 0 bridgehead atoms. The molecule has 0 aliphatic heterocycles. The van der Waals surface area contributed by atoms with Crippen molar-refractivity contribution >= 4 is 28.5 Å². The molecule has 7 heteroatoms. The molecule has 0 atom stereocenters. The second-order valence-electron chi connectivity index (χ2n) is 8.78. The first-order valence-electron chi connectivity index (χ1n) is 11.1. The third kappa shape index (κ3) is 4.92. The minimum absolute atomic E-state index is 0.0299. The number of benzene rings is 1. The molecular formula is C24H33N3O4. The van der Waals surface area contributed by atoms with Gasteiger partial charge in [0.1, 0.15) is 11.3 Å². The summed E-state index contributed by atoms with van der Waals surface area (Å²) in [5.41, 5.74) is 8.54. The third-order valence-corrected chi connectivity index (χ3v) is 6.11. The molecule has 0 unspecified atom stereocenters. The van der Waals surface area contributed by atoms with E-state index in [9.17, 15) is 14.7 Å². The molecule has 0 spiro atoms. The van der Waals surface area contributed by atoms with Crippen LogP contribution in [0, 0.1) is 18.8 Å². The van der Waals surface area contributed by atoms with Crippen LogP contribution in [-0.2, 0) is 11.2 Å². The highest BCUT2D eigenvalue weighted by molar-refractivity contribution is 6.07. The Morgan fingerprint density at radius 3 is 2.52 bits per heavy atom. The number of nitrogens with one attached hydrogen (secondary N) is 1. The lowest BCUT2D eigenvalue weighted by atomic mass is 9.82. The van der Waals surface area contributed by atoms with Gasteiger partial charge in [0.2, 0.25) is 5.91 Å². The largest absolute Gasteiger partial charge is 0.492 e. The number of anilines is 1. The molecule has 0 saturated heterocycles. The fourth-order valence-electron chi connectivity index (χ4n) is 4.43. The summed E-state index contributed by atoms with van der Waals surface area (Å²) >= 11 is 0. The maximum absolute atomic E-state index is 12.3. The predicted molar refractivity (Wildman–Crippen MR) is 121 cm³/mol. The smallest absolute Gasteiger partial charge is 0.339 e. The molecule has 1 aromatic carbocycles. The first-order valence-corrected chi connectivity index (χ1v) is 11.1. The molecule has 1 fully saturated rings. The van der Waals surface area contributed by atoms with Gasteiger partial charge in [-0.05, 0) is 70.4 Å². The van der Waals surface area contributed by atoms with Crippen LogP contribution in [0.15, 0.2) is 12.1 Å². The lowest BCUT2D eigenvalue weighted by molar-refractivity contribution is -0.126. The van der Waals surface area contributed by atoms with Gasteiger partial charge in [-0.3, -0.25) is 9.78 Å². The molecule has 1 saturated carbocycles. The van der Waals surface area contributed by atoms with Crippen LogP contribution in [0.2, 0.25) is 0 Å². The summed E-state index contributed by atoms with van der Waals surface area (Å²) in [6, 6.07) is 4.00. The van der Waals surface area contributed by atoms with E-state index in [1.54, 1.807) is 6.92 Å². The van der Waals surface area contributed by atoms with E-state index in [1.165, 1.54) is 0 Å². The van der Waals surface area contributed by atoms with Gasteiger partial charge >= 0.3 is 5.97 Å². The van der Waals surface area contributed by atoms with Crippen LogP contribution < -0.4 is 15.8 Å². The number of nitrogens with zero attached hydrogens (tertiary/aromatic N) is 1. The fourth-order valence-corrected chi connectivity index (χ4v) is 4.43. The van der Waals surface area contributed by atoms with E-state index in [4.69, 9.17) is 10.5 Å². The van der Waals surface area contributed by atoms with Crippen LogP contribution in [0.5, 0.6) is 5.75 Å². The zero-order valence-electron chi connectivity index (χ0n) is 18.8. The Morgan fingerprint density at radius 1 is 1.26 bits per heavy atom. The molecular weight excluding hydrogens is 394 g/mol. The van der Waals surface area contributed by atoms with Crippen molar-refractivity contribution in [3.05, 3.63) is 29.0 Å². The molecule has 168 valence electrons. The zero-order valence-corrected chi connectivity index (χ0v) is 18.8. The molecule has 1 aromatic heterocycles. The minimum atomic E-state index is -1.09.